The van der Waals surface area contributed by atoms with Crippen LogP contribution in [0.4, 0.5) is 5.69 Å². The maximum atomic E-state index is 12.5. The van der Waals surface area contributed by atoms with Crippen LogP contribution in [0.15, 0.2) is 52.5 Å². The van der Waals surface area contributed by atoms with Gasteiger partial charge in [0, 0.05) is 15.7 Å². The van der Waals surface area contributed by atoms with Gasteiger partial charge in [-0.25, -0.2) is 4.79 Å². The second-order valence-electron chi connectivity index (χ2n) is 5.40. The summed E-state index contributed by atoms with van der Waals surface area (Å²) >= 11 is 3.33. The highest BCUT2D eigenvalue weighted by Crippen LogP contribution is 2.26. The lowest BCUT2D eigenvalue weighted by Crippen LogP contribution is -2.14. The Morgan fingerprint density at radius 2 is 1.89 bits per heavy atom. The van der Waals surface area contributed by atoms with Crippen LogP contribution in [0, 0.1) is 11.3 Å². The molecule has 0 heterocycles. The molecule has 1 amide bonds. The molecule has 8 heteroatoms. The molecular formula is C20H17BrN2O5. The standard InChI is InChI=1S/C20H17BrN2O5/c1-26-17-6-4-16(5-7-17)23-20(25)14(11-22)9-13-10-15(21)3-8-18(13)28-12-19(24)27-2/h3-10H,12H2,1-2H3,(H,23,25)/b14-9+. The second-order valence-corrected chi connectivity index (χ2v) is 6.32. The van der Waals surface area contributed by atoms with E-state index in [9.17, 15) is 14.9 Å². The number of amides is 1. The quantitative estimate of drug-likeness (QED) is 0.398. The molecule has 2 aromatic rings. The summed E-state index contributed by atoms with van der Waals surface area (Å²) in [6.45, 7) is -0.293. The fourth-order valence-electron chi connectivity index (χ4n) is 2.14. The van der Waals surface area contributed by atoms with Gasteiger partial charge >= 0.3 is 5.97 Å². The van der Waals surface area contributed by atoms with Crippen molar-refractivity contribution in [2.24, 2.45) is 0 Å². The number of benzene rings is 2. The average Bonchev–Trinajstić information content (AvgIpc) is 2.71. The molecule has 144 valence electrons. The second kappa shape index (κ2) is 10.1. The first kappa shape index (κ1) is 21.0. The van der Waals surface area contributed by atoms with Crippen molar-refractivity contribution in [2.75, 3.05) is 26.1 Å². The molecule has 0 radical (unpaired) electrons. The number of anilines is 1. The summed E-state index contributed by atoms with van der Waals surface area (Å²) in [6.07, 6.45) is 1.39. The summed E-state index contributed by atoms with van der Waals surface area (Å²) < 4.78 is 15.7. The van der Waals surface area contributed by atoms with Crippen LogP contribution in [0.1, 0.15) is 5.56 Å². The van der Waals surface area contributed by atoms with E-state index in [0.29, 0.717) is 22.7 Å². The minimum atomic E-state index is -0.577. The average molecular weight is 445 g/mol. The molecular weight excluding hydrogens is 428 g/mol. The number of nitriles is 1. The molecule has 0 unspecified atom stereocenters. The number of methoxy groups -OCH3 is 2. The van der Waals surface area contributed by atoms with Gasteiger partial charge in [-0.2, -0.15) is 5.26 Å². The maximum Gasteiger partial charge on any atom is 0.343 e. The number of carbonyl (C=O) groups is 2. The van der Waals surface area contributed by atoms with Crippen molar-refractivity contribution in [3.05, 3.63) is 58.1 Å². The third kappa shape index (κ3) is 5.86. The summed E-state index contributed by atoms with van der Waals surface area (Å²) in [6, 6.07) is 13.6. The molecule has 2 rings (SSSR count). The fraction of sp³-hybridized carbons (Fsp3) is 0.150. The Morgan fingerprint density at radius 3 is 2.50 bits per heavy atom. The lowest BCUT2D eigenvalue weighted by atomic mass is 10.1. The third-order valence-corrected chi connectivity index (χ3v) is 4.05. The number of hydrogen-bond donors (Lipinski definition) is 1. The van der Waals surface area contributed by atoms with Crippen molar-refractivity contribution >= 4 is 39.6 Å². The van der Waals surface area contributed by atoms with Crippen LogP contribution in [0.2, 0.25) is 0 Å². The van der Waals surface area contributed by atoms with Gasteiger partial charge in [0.25, 0.3) is 5.91 Å². The zero-order valence-corrected chi connectivity index (χ0v) is 16.8. The predicted octanol–water partition coefficient (Wildman–Crippen LogP) is 3.56. The molecule has 0 aliphatic rings. The first-order valence-electron chi connectivity index (χ1n) is 8.03. The number of nitrogens with zero attached hydrogens (tertiary/aromatic N) is 1. The molecule has 0 aromatic heterocycles. The van der Waals surface area contributed by atoms with Gasteiger partial charge in [0.05, 0.1) is 14.2 Å². The number of ether oxygens (including phenoxy) is 3. The number of nitrogens with one attached hydrogen (secondary N) is 1. The van der Waals surface area contributed by atoms with Crippen LogP contribution in [-0.4, -0.2) is 32.7 Å². The number of halogens is 1. The van der Waals surface area contributed by atoms with E-state index in [-0.39, 0.29) is 12.2 Å². The van der Waals surface area contributed by atoms with Gasteiger partial charge in [-0.15, -0.1) is 0 Å². The first-order chi connectivity index (χ1) is 13.5. The Labute approximate surface area is 170 Å². The van der Waals surface area contributed by atoms with Crippen LogP contribution >= 0.6 is 15.9 Å². The van der Waals surface area contributed by atoms with E-state index >= 15 is 0 Å². The Hall–Kier alpha value is -3.31. The highest BCUT2D eigenvalue weighted by atomic mass is 79.9. The van der Waals surface area contributed by atoms with Gasteiger partial charge in [-0.05, 0) is 48.5 Å². The van der Waals surface area contributed by atoms with Crippen LogP contribution in [0.25, 0.3) is 6.08 Å². The molecule has 7 nitrogen and oxygen atoms in total. The molecule has 28 heavy (non-hydrogen) atoms. The van der Waals surface area contributed by atoms with Gasteiger partial charge in [0.2, 0.25) is 0 Å². The lowest BCUT2D eigenvalue weighted by Gasteiger charge is -2.10. The number of carbonyl (C=O) groups excluding carboxylic acids is 2. The lowest BCUT2D eigenvalue weighted by molar-refractivity contribution is -0.142. The van der Waals surface area contributed by atoms with Gasteiger partial charge in [0.1, 0.15) is 23.1 Å². The van der Waals surface area contributed by atoms with Crippen molar-refractivity contribution in [1.29, 1.82) is 5.26 Å². The summed E-state index contributed by atoms with van der Waals surface area (Å²) in [7, 11) is 2.80. The molecule has 0 saturated carbocycles. The molecule has 0 spiro atoms. The van der Waals surface area contributed by atoms with E-state index in [1.165, 1.54) is 13.2 Å². The normalized spacial score (nSPS) is 10.6. The smallest absolute Gasteiger partial charge is 0.343 e. The highest BCUT2D eigenvalue weighted by Gasteiger charge is 2.13. The molecule has 0 aliphatic carbocycles. The molecule has 0 atom stereocenters. The van der Waals surface area contributed by atoms with Gasteiger partial charge in [-0.1, -0.05) is 15.9 Å². The Balaban J connectivity index is 2.24. The van der Waals surface area contributed by atoms with E-state index in [2.05, 4.69) is 26.0 Å². The summed E-state index contributed by atoms with van der Waals surface area (Å²) in [5.74, 6) is -0.142. The molecule has 0 aliphatic heterocycles. The van der Waals surface area contributed by atoms with Gasteiger partial charge in [0.15, 0.2) is 6.61 Å². The van der Waals surface area contributed by atoms with Crippen LogP contribution < -0.4 is 14.8 Å². The minimum absolute atomic E-state index is 0.128. The van der Waals surface area contributed by atoms with Gasteiger partial charge < -0.3 is 19.5 Å². The Morgan fingerprint density at radius 1 is 1.18 bits per heavy atom. The fourth-order valence-corrected chi connectivity index (χ4v) is 2.51. The van der Waals surface area contributed by atoms with Gasteiger partial charge in [-0.3, -0.25) is 4.79 Å². The van der Waals surface area contributed by atoms with Crippen LogP contribution in [0.3, 0.4) is 0 Å². The van der Waals surface area contributed by atoms with E-state index in [4.69, 9.17) is 9.47 Å². The van der Waals surface area contributed by atoms with Crippen molar-refractivity contribution in [2.45, 2.75) is 0 Å². The Kier molecular flexibility index (Phi) is 7.60. The molecule has 0 fully saturated rings. The maximum absolute atomic E-state index is 12.5. The number of esters is 1. The predicted molar refractivity (Wildman–Crippen MR) is 107 cm³/mol. The highest BCUT2D eigenvalue weighted by molar-refractivity contribution is 9.10. The molecule has 0 saturated heterocycles. The van der Waals surface area contributed by atoms with Crippen molar-refractivity contribution in [3.63, 3.8) is 0 Å². The van der Waals surface area contributed by atoms with Crippen molar-refractivity contribution in [1.82, 2.24) is 0 Å². The van der Waals surface area contributed by atoms with Crippen LogP contribution in [-0.2, 0) is 14.3 Å². The van der Waals surface area contributed by atoms with E-state index < -0.39 is 11.9 Å². The SMILES string of the molecule is COC(=O)COc1ccc(Br)cc1/C=C(\C#N)C(=O)Nc1ccc(OC)cc1. The van der Waals surface area contributed by atoms with E-state index in [1.807, 2.05) is 6.07 Å². The molecule has 2 aromatic carbocycles. The summed E-state index contributed by atoms with van der Waals surface area (Å²) in [5, 5.41) is 12.1. The summed E-state index contributed by atoms with van der Waals surface area (Å²) in [5.41, 5.74) is 0.847. The largest absolute Gasteiger partial charge is 0.497 e. The van der Waals surface area contributed by atoms with Crippen molar-refractivity contribution in [3.8, 4) is 17.6 Å². The molecule has 1 N–H and O–H groups in total. The van der Waals surface area contributed by atoms with Crippen LogP contribution in [0.5, 0.6) is 11.5 Å². The van der Waals surface area contributed by atoms with Crippen molar-refractivity contribution < 1.29 is 23.8 Å². The summed E-state index contributed by atoms with van der Waals surface area (Å²) in [4.78, 5) is 23.8. The first-order valence-corrected chi connectivity index (χ1v) is 8.82. The monoisotopic (exact) mass is 444 g/mol. The Bertz CT molecular complexity index is 933. The minimum Gasteiger partial charge on any atom is -0.497 e. The topological polar surface area (TPSA) is 97.7 Å². The third-order valence-electron chi connectivity index (χ3n) is 3.56. The number of rotatable bonds is 7. The van der Waals surface area contributed by atoms with E-state index in [1.54, 1.807) is 49.6 Å². The number of hydrogen-bond acceptors (Lipinski definition) is 6. The van der Waals surface area contributed by atoms with E-state index in [0.717, 1.165) is 4.47 Å². The zero-order valence-electron chi connectivity index (χ0n) is 15.2. The zero-order chi connectivity index (χ0) is 20.5. The molecule has 0 bridgehead atoms.